The standard InChI is InChI=1S/C20H19F3N2O3/c1-19(6-7-19)17(26)11-15-10-14(5-8-24-15)18(27)25-12-13-3-2-4-16(9-13)28-20(21,22)23/h2-5,8-10H,6-7,11-12H2,1H3,(H,25,27). The smallest absolute Gasteiger partial charge is 0.406 e. The zero-order valence-corrected chi connectivity index (χ0v) is 15.2. The number of Topliss-reactive ketones (excluding diaryl/α,β-unsaturated/α-hetero) is 1. The maximum absolute atomic E-state index is 12.3. The molecule has 1 aliphatic carbocycles. The van der Waals surface area contributed by atoms with Gasteiger partial charge in [-0.3, -0.25) is 14.6 Å². The summed E-state index contributed by atoms with van der Waals surface area (Å²) < 4.78 is 40.7. The third-order valence-corrected chi connectivity index (χ3v) is 4.68. The molecule has 1 N–H and O–H groups in total. The first-order valence-corrected chi connectivity index (χ1v) is 8.76. The Kier molecular flexibility index (Phi) is 5.40. The number of nitrogens with zero attached hydrogens (tertiary/aromatic N) is 1. The molecule has 1 amide bonds. The van der Waals surface area contributed by atoms with Crippen molar-refractivity contribution in [1.29, 1.82) is 0 Å². The van der Waals surface area contributed by atoms with Gasteiger partial charge in [-0.2, -0.15) is 0 Å². The number of halogens is 3. The van der Waals surface area contributed by atoms with E-state index in [4.69, 9.17) is 0 Å². The van der Waals surface area contributed by atoms with E-state index in [-0.39, 0.29) is 29.9 Å². The first kappa shape index (κ1) is 19.9. The van der Waals surface area contributed by atoms with Crippen molar-refractivity contribution in [3.8, 4) is 5.75 Å². The molecule has 1 saturated carbocycles. The number of rotatable bonds is 7. The average molecular weight is 392 g/mol. The van der Waals surface area contributed by atoms with Gasteiger partial charge < -0.3 is 10.1 Å². The monoisotopic (exact) mass is 392 g/mol. The highest BCUT2D eigenvalue weighted by Crippen LogP contribution is 2.46. The zero-order valence-electron chi connectivity index (χ0n) is 15.2. The largest absolute Gasteiger partial charge is 0.573 e. The van der Waals surface area contributed by atoms with Crippen LogP contribution in [0.5, 0.6) is 5.75 Å². The minimum Gasteiger partial charge on any atom is -0.406 e. The Bertz CT molecular complexity index is 892. The van der Waals surface area contributed by atoms with Crippen LogP contribution in [-0.2, 0) is 17.8 Å². The minimum atomic E-state index is -4.77. The summed E-state index contributed by atoms with van der Waals surface area (Å²) in [6, 6.07) is 8.47. The van der Waals surface area contributed by atoms with Crippen molar-refractivity contribution in [2.45, 2.75) is 39.1 Å². The summed E-state index contributed by atoms with van der Waals surface area (Å²) in [5, 5.41) is 2.64. The number of pyridine rings is 1. The number of carbonyl (C=O) groups excluding carboxylic acids is 2. The minimum absolute atomic E-state index is 0.0303. The zero-order chi connectivity index (χ0) is 20.4. The predicted octanol–water partition coefficient (Wildman–Crippen LogP) is 3.82. The quantitative estimate of drug-likeness (QED) is 0.778. The van der Waals surface area contributed by atoms with Crippen LogP contribution in [0.4, 0.5) is 13.2 Å². The molecule has 8 heteroatoms. The molecule has 148 valence electrons. The number of ether oxygens (including phenoxy) is 1. The van der Waals surface area contributed by atoms with Crippen LogP contribution in [0.25, 0.3) is 0 Å². The number of carbonyl (C=O) groups is 2. The van der Waals surface area contributed by atoms with Gasteiger partial charge in [-0.25, -0.2) is 0 Å². The molecule has 28 heavy (non-hydrogen) atoms. The van der Waals surface area contributed by atoms with Crippen LogP contribution >= 0.6 is 0 Å². The Morgan fingerprint density at radius 2 is 1.96 bits per heavy atom. The van der Waals surface area contributed by atoms with E-state index in [1.165, 1.54) is 30.5 Å². The number of hydrogen-bond donors (Lipinski definition) is 1. The fraction of sp³-hybridized carbons (Fsp3) is 0.350. The van der Waals surface area contributed by atoms with Crippen molar-refractivity contribution in [2.24, 2.45) is 5.41 Å². The molecule has 1 fully saturated rings. The predicted molar refractivity (Wildman–Crippen MR) is 94.6 cm³/mol. The van der Waals surface area contributed by atoms with Crippen LogP contribution in [0.3, 0.4) is 0 Å². The summed E-state index contributed by atoms with van der Waals surface area (Å²) in [7, 11) is 0. The highest BCUT2D eigenvalue weighted by Gasteiger charge is 2.44. The molecule has 0 atom stereocenters. The van der Waals surface area contributed by atoms with Crippen molar-refractivity contribution in [3.63, 3.8) is 0 Å². The highest BCUT2D eigenvalue weighted by molar-refractivity contribution is 5.94. The molecule has 0 unspecified atom stereocenters. The lowest BCUT2D eigenvalue weighted by Gasteiger charge is -2.11. The molecule has 2 aromatic rings. The van der Waals surface area contributed by atoms with Gasteiger partial charge >= 0.3 is 6.36 Å². The van der Waals surface area contributed by atoms with Gasteiger partial charge in [0.05, 0.1) is 0 Å². The lowest BCUT2D eigenvalue weighted by atomic mass is 9.99. The Balaban J connectivity index is 1.60. The Morgan fingerprint density at radius 1 is 1.21 bits per heavy atom. The molecule has 0 spiro atoms. The first-order valence-electron chi connectivity index (χ1n) is 8.76. The highest BCUT2D eigenvalue weighted by atomic mass is 19.4. The SMILES string of the molecule is CC1(C(=O)Cc2cc(C(=O)NCc3cccc(OC(F)(F)F)c3)ccn2)CC1. The van der Waals surface area contributed by atoms with Gasteiger partial charge in [-0.1, -0.05) is 19.1 Å². The molecule has 0 bridgehead atoms. The Labute approximate surface area is 159 Å². The van der Waals surface area contributed by atoms with Gasteiger partial charge in [0.2, 0.25) is 0 Å². The molecule has 0 saturated heterocycles. The molecule has 1 heterocycles. The molecule has 1 aliphatic rings. The van der Waals surface area contributed by atoms with E-state index in [1.54, 1.807) is 12.1 Å². The van der Waals surface area contributed by atoms with Gasteiger partial charge in [0, 0.05) is 35.8 Å². The summed E-state index contributed by atoms with van der Waals surface area (Å²) in [5.41, 5.74) is 1.05. The number of benzene rings is 1. The number of aromatic nitrogens is 1. The van der Waals surface area contributed by atoms with Crippen molar-refractivity contribution in [3.05, 3.63) is 59.4 Å². The summed E-state index contributed by atoms with van der Waals surface area (Å²) in [6.07, 6.45) is -1.38. The van der Waals surface area contributed by atoms with E-state index >= 15 is 0 Å². The van der Waals surface area contributed by atoms with Gasteiger partial charge in [0.25, 0.3) is 5.91 Å². The van der Waals surface area contributed by atoms with Crippen molar-refractivity contribution < 1.29 is 27.5 Å². The maximum Gasteiger partial charge on any atom is 0.573 e. The topological polar surface area (TPSA) is 68.3 Å². The number of ketones is 1. The molecule has 0 aliphatic heterocycles. The van der Waals surface area contributed by atoms with E-state index in [0.717, 1.165) is 12.8 Å². The van der Waals surface area contributed by atoms with Crippen LogP contribution in [0.1, 0.15) is 41.4 Å². The fourth-order valence-electron chi connectivity index (χ4n) is 2.70. The molecule has 5 nitrogen and oxygen atoms in total. The van der Waals surface area contributed by atoms with Crippen molar-refractivity contribution in [2.75, 3.05) is 0 Å². The van der Waals surface area contributed by atoms with Crippen LogP contribution in [0, 0.1) is 5.41 Å². The molecule has 1 aromatic heterocycles. The lowest BCUT2D eigenvalue weighted by Crippen LogP contribution is -2.23. The van der Waals surface area contributed by atoms with E-state index < -0.39 is 12.3 Å². The molecule has 3 rings (SSSR count). The van der Waals surface area contributed by atoms with Crippen LogP contribution in [0.2, 0.25) is 0 Å². The molecular weight excluding hydrogens is 373 g/mol. The van der Waals surface area contributed by atoms with E-state index in [2.05, 4.69) is 15.0 Å². The Morgan fingerprint density at radius 3 is 2.64 bits per heavy atom. The average Bonchev–Trinajstić information content (AvgIpc) is 3.38. The second-order valence-electron chi connectivity index (χ2n) is 7.07. The van der Waals surface area contributed by atoms with E-state index in [1.807, 2.05) is 6.92 Å². The van der Waals surface area contributed by atoms with E-state index in [0.29, 0.717) is 16.8 Å². The molecule has 1 aromatic carbocycles. The third kappa shape index (κ3) is 5.31. The third-order valence-electron chi connectivity index (χ3n) is 4.68. The van der Waals surface area contributed by atoms with Gasteiger partial charge in [-0.15, -0.1) is 13.2 Å². The van der Waals surface area contributed by atoms with Gasteiger partial charge in [0.1, 0.15) is 11.5 Å². The summed E-state index contributed by atoms with van der Waals surface area (Å²) in [5.74, 6) is -0.646. The number of nitrogens with one attached hydrogen (secondary N) is 1. The Hall–Kier alpha value is -2.90. The van der Waals surface area contributed by atoms with Crippen LogP contribution in [-0.4, -0.2) is 23.0 Å². The number of alkyl halides is 3. The fourth-order valence-corrected chi connectivity index (χ4v) is 2.70. The lowest BCUT2D eigenvalue weighted by molar-refractivity contribution is -0.274. The van der Waals surface area contributed by atoms with E-state index in [9.17, 15) is 22.8 Å². The van der Waals surface area contributed by atoms with Crippen LogP contribution < -0.4 is 10.1 Å². The maximum atomic E-state index is 12.3. The second-order valence-corrected chi connectivity index (χ2v) is 7.07. The second kappa shape index (κ2) is 7.61. The normalized spacial score (nSPS) is 15.0. The molecule has 0 radical (unpaired) electrons. The van der Waals surface area contributed by atoms with Crippen molar-refractivity contribution >= 4 is 11.7 Å². The molecular formula is C20H19F3N2O3. The van der Waals surface area contributed by atoms with Gasteiger partial charge in [-0.05, 0) is 42.7 Å². The summed E-state index contributed by atoms with van der Waals surface area (Å²) in [4.78, 5) is 28.7. The first-order chi connectivity index (χ1) is 13.1. The number of amides is 1. The summed E-state index contributed by atoms with van der Waals surface area (Å²) >= 11 is 0. The van der Waals surface area contributed by atoms with Gasteiger partial charge in [0.15, 0.2) is 0 Å². The number of hydrogen-bond acceptors (Lipinski definition) is 4. The van der Waals surface area contributed by atoms with Crippen molar-refractivity contribution in [1.82, 2.24) is 10.3 Å². The summed E-state index contributed by atoms with van der Waals surface area (Å²) in [6.45, 7) is 1.95. The van der Waals surface area contributed by atoms with Crippen LogP contribution in [0.15, 0.2) is 42.6 Å².